The van der Waals surface area contributed by atoms with E-state index in [0.29, 0.717) is 12.8 Å². The average molecular weight is 425 g/mol. The molecule has 4 aromatic carbocycles. The molecule has 0 aliphatic rings. The Kier molecular flexibility index (Phi) is 6.60. The van der Waals surface area contributed by atoms with E-state index in [1.165, 1.54) is 15.9 Å². The number of ketones is 1. The Morgan fingerprint density at radius 1 is 0.645 bits per heavy atom. The molecule has 3 heteroatoms. The fourth-order valence-electron chi connectivity index (χ4n) is 3.98. The summed E-state index contributed by atoms with van der Waals surface area (Å²) in [5.74, 6) is 0.933. The molecule has 0 bridgehead atoms. The van der Waals surface area contributed by atoms with Gasteiger partial charge in [-0.3, -0.25) is 4.79 Å². The summed E-state index contributed by atoms with van der Waals surface area (Å²) < 4.78 is 5.55. The van der Waals surface area contributed by atoms with Crippen LogP contribution in [0.1, 0.15) is 17.3 Å². The SMILES string of the molecule is CCOc1ccc(C(=O)C[P+](c2ccccc2)(c2ccccc2)c2ccccc2)cc1. The molecule has 0 unspecified atom stereocenters. The lowest BCUT2D eigenvalue weighted by atomic mass is 10.1. The first-order valence-electron chi connectivity index (χ1n) is 10.5. The zero-order valence-corrected chi connectivity index (χ0v) is 18.5. The summed E-state index contributed by atoms with van der Waals surface area (Å²) in [5.41, 5.74) is 0.718. The molecule has 0 saturated heterocycles. The highest BCUT2D eigenvalue weighted by atomic mass is 31.2. The van der Waals surface area contributed by atoms with E-state index in [0.717, 1.165) is 11.3 Å². The van der Waals surface area contributed by atoms with E-state index in [9.17, 15) is 4.79 Å². The summed E-state index contributed by atoms with van der Waals surface area (Å²) in [6, 6.07) is 39.0. The Bertz CT molecular complexity index is 1010. The van der Waals surface area contributed by atoms with E-state index in [4.69, 9.17) is 4.74 Å². The number of rotatable bonds is 8. The van der Waals surface area contributed by atoms with Crippen molar-refractivity contribution in [1.29, 1.82) is 0 Å². The second kappa shape index (κ2) is 9.73. The van der Waals surface area contributed by atoms with Crippen LogP contribution in [0.5, 0.6) is 5.75 Å². The van der Waals surface area contributed by atoms with Crippen molar-refractivity contribution in [2.45, 2.75) is 6.92 Å². The molecule has 0 aliphatic carbocycles. The maximum absolute atomic E-state index is 13.6. The van der Waals surface area contributed by atoms with Gasteiger partial charge in [-0.05, 0) is 67.6 Å². The van der Waals surface area contributed by atoms with Gasteiger partial charge in [0.2, 0.25) is 5.78 Å². The van der Waals surface area contributed by atoms with E-state index in [1.54, 1.807) is 0 Å². The van der Waals surface area contributed by atoms with Crippen LogP contribution in [0.25, 0.3) is 0 Å². The normalized spacial score (nSPS) is 11.1. The van der Waals surface area contributed by atoms with Crippen LogP contribution < -0.4 is 20.7 Å². The standard InChI is InChI=1S/C28H26O2P/c1-2-30-24-20-18-23(19-21-24)28(29)22-31(25-12-6-3-7-13-25,26-14-8-4-9-15-26)27-16-10-5-11-17-27/h3-21H,2,22H2,1H3/q+1. The Balaban J connectivity index is 1.85. The topological polar surface area (TPSA) is 26.3 Å². The van der Waals surface area contributed by atoms with Crippen LogP contribution in [0.3, 0.4) is 0 Å². The smallest absolute Gasteiger partial charge is 0.201 e. The average Bonchev–Trinajstić information content (AvgIpc) is 2.85. The molecule has 0 aromatic heterocycles. The minimum atomic E-state index is -2.18. The summed E-state index contributed by atoms with van der Waals surface area (Å²) in [4.78, 5) is 13.6. The van der Waals surface area contributed by atoms with Crippen LogP contribution in [-0.2, 0) is 0 Å². The zero-order valence-electron chi connectivity index (χ0n) is 17.6. The largest absolute Gasteiger partial charge is 0.494 e. The predicted molar refractivity (Wildman–Crippen MR) is 132 cm³/mol. The van der Waals surface area contributed by atoms with Crippen molar-refractivity contribution in [3.8, 4) is 5.75 Å². The summed E-state index contributed by atoms with van der Waals surface area (Å²) in [7, 11) is -2.18. The molecule has 2 nitrogen and oxygen atoms in total. The first-order chi connectivity index (χ1) is 15.2. The fraction of sp³-hybridized carbons (Fsp3) is 0.107. The van der Waals surface area contributed by atoms with Crippen LogP contribution in [-0.4, -0.2) is 18.6 Å². The molecule has 0 atom stereocenters. The van der Waals surface area contributed by atoms with Crippen LogP contribution >= 0.6 is 7.26 Å². The van der Waals surface area contributed by atoms with Gasteiger partial charge in [-0.15, -0.1) is 0 Å². The van der Waals surface area contributed by atoms with Crippen molar-refractivity contribution in [2.75, 3.05) is 12.8 Å². The van der Waals surface area contributed by atoms with Crippen LogP contribution in [0.4, 0.5) is 0 Å². The van der Waals surface area contributed by atoms with Gasteiger partial charge in [0.25, 0.3) is 0 Å². The number of ether oxygens (including phenoxy) is 1. The monoisotopic (exact) mass is 425 g/mol. The molecule has 0 aliphatic heterocycles. The molecule has 0 N–H and O–H groups in total. The number of hydrogen-bond donors (Lipinski definition) is 0. The third kappa shape index (κ3) is 4.45. The molecule has 0 spiro atoms. The Morgan fingerprint density at radius 2 is 1.06 bits per heavy atom. The summed E-state index contributed by atoms with van der Waals surface area (Å²) in [5, 5.41) is 3.64. The van der Waals surface area contributed by atoms with Crippen molar-refractivity contribution >= 4 is 29.0 Å². The van der Waals surface area contributed by atoms with Crippen molar-refractivity contribution in [2.24, 2.45) is 0 Å². The van der Waals surface area contributed by atoms with E-state index >= 15 is 0 Å². The number of hydrogen-bond acceptors (Lipinski definition) is 2. The highest BCUT2D eigenvalue weighted by Gasteiger charge is 2.47. The molecule has 4 rings (SSSR count). The molecular weight excluding hydrogens is 399 g/mol. The van der Waals surface area contributed by atoms with Gasteiger partial charge in [-0.2, -0.15) is 0 Å². The molecule has 31 heavy (non-hydrogen) atoms. The molecule has 4 aromatic rings. The number of carbonyl (C=O) groups excluding carboxylic acids is 1. The first-order valence-corrected chi connectivity index (χ1v) is 12.5. The Hall–Kier alpha value is -3.22. The van der Waals surface area contributed by atoms with Gasteiger partial charge in [-0.25, -0.2) is 0 Å². The first kappa shape index (κ1) is 21.0. The van der Waals surface area contributed by atoms with Gasteiger partial charge in [-0.1, -0.05) is 54.6 Å². The highest BCUT2D eigenvalue weighted by Crippen LogP contribution is 2.55. The van der Waals surface area contributed by atoms with Crippen molar-refractivity contribution < 1.29 is 9.53 Å². The molecular formula is C28H26O2P+. The number of carbonyl (C=O) groups is 1. The zero-order chi connectivity index (χ0) is 21.5. The van der Waals surface area contributed by atoms with Gasteiger partial charge in [0, 0.05) is 5.56 Å². The lowest BCUT2D eigenvalue weighted by molar-refractivity contribution is 0.102. The van der Waals surface area contributed by atoms with Gasteiger partial charge in [0.1, 0.15) is 35.1 Å². The Labute approximate surface area is 184 Å². The van der Waals surface area contributed by atoms with E-state index in [2.05, 4.69) is 72.8 Å². The Morgan fingerprint density at radius 3 is 1.45 bits per heavy atom. The molecule has 0 fully saturated rings. The maximum Gasteiger partial charge on any atom is 0.201 e. The third-order valence-corrected chi connectivity index (χ3v) is 9.76. The summed E-state index contributed by atoms with van der Waals surface area (Å²) in [6.45, 7) is 2.56. The molecule has 0 amide bonds. The van der Waals surface area contributed by atoms with Crippen molar-refractivity contribution in [3.63, 3.8) is 0 Å². The van der Waals surface area contributed by atoms with Crippen LogP contribution in [0, 0.1) is 0 Å². The third-order valence-electron chi connectivity index (χ3n) is 5.46. The molecule has 0 radical (unpaired) electrons. The molecule has 0 saturated carbocycles. The van der Waals surface area contributed by atoms with Crippen LogP contribution in [0.2, 0.25) is 0 Å². The van der Waals surface area contributed by atoms with Crippen molar-refractivity contribution in [3.05, 3.63) is 121 Å². The highest BCUT2D eigenvalue weighted by molar-refractivity contribution is 7.96. The second-order valence-corrected chi connectivity index (χ2v) is 10.8. The van der Waals surface area contributed by atoms with Gasteiger partial charge in [0.15, 0.2) is 0 Å². The summed E-state index contributed by atoms with van der Waals surface area (Å²) in [6.07, 6.45) is 0.443. The van der Waals surface area contributed by atoms with Gasteiger partial charge >= 0.3 is 0 Å². The summed E-state index contributed by atoms with van der Waals surface area (Å²) >= 11 is 0. The number of Topliss-reactive ketones (excluding diaryl/α,β-unsaturated/α-hetero) is 1. The van der Waals surface area contributed by atoms with E-state index in [-0.39, 0.29) is 5.78 Å². The lowest BCUT2D eigenvalue weighted by Crippen LogP contribution is -2.35. The quantitative estimate of drug-likeness (QED) is 0.284. The lowest BCUT2D eigenvalue weighted by Gasteiger charge is -2.27. The maximum atomic E-state index is 13.6. The van der Waals surface area contributed by atoms with Gasteiger partial charge < -0.3 is 4.74 Å². The fourth-order valence-corrected chi connectivity index (χ4v) is 8.08. The van der Waals surface area contributed by atoms with Crippen LogP contribution in [0.15, 0.2) is 115 Å². The number of benzene rings is 4. The molecule has 0 heterocycles. The van der Waals surface area contributed by atoms with E-state index in [1.807, 2.05) is 49.4 Å². The second-order valence-electron chi connectivity index (χ2n) is 7.36. The minimum absolute atomic E-state index is 0.146. The minimum Gasteiger partial charge on any atom is -0.494 e. The molecule has 154 valence electrons. The van der Waals surface area contributed by atoms with Gasteiger partial charge in [0.05, 0.1) is 6.61 Å². The predicted octanol–water partition coefficient (Wildman–Crippen LogP) is 5.26. The van der Waals surface area contributed by atoms with E-state index < -0.39 is 7.26 Å². The van der Waals surface area contributed by atoms with Crippen molar-refractivity contribution in [1.82, 2.24) is 0 Å².